The Hall–Kier alpha value is -0.203. The number of rotatable bonds is 2. The van der Waals surface area contributed by atoms with Gasteiger partial charge in [-0.1, -0.05) is 5.92 Å². The highest BCUT2D eigenvalue weighted by molar-refractivity contribution is 7.32. The normalized spacial score (nSPS) is 14.8. The van der Waals surface area contributed by atoms with Crippen LogP contribution in [0.15, 0.2) is 0 Å². The van der Waals surface area contributed by atoms with Crippen molar-refractivity contribution in [2.45, 2.75) is 5.73 Å². The van der Waals surface area contributed by atoms with Crippen LogP contribution in [0, 0.1) is 12.3 Å². The summed E-state index contributed by atoms with van der Waals surface area (Å²) in [7, 11) is -1.92. The molecule has 0 aliphatic rings. The van der Waals surface area contributed by atoms with Gasteiger partial charge in [-0.2, -0.15) is 0 Å². The molecule has 0 aliphatic heterocycles. The van der Waals surface area contributed by atoms with Crippen molar-refractivity contribution in [1.82, 2.24) is 0 Å². The SMILES string of the molecule is C#CC([SiH3])O[P+](=O)O. The van der Waals surface area contributed by atoms with Crippen LogP contribution in [0.25, 0.3) is 0 Å². The molecule has 0 aromatic carbocycles. The summed E-state index contributed by atoms with van der Waals surface area (Å²) < 4.78 is 14.1. The van der Waals surface area contributed by atoms with Crippen LogP contribution in [0.2, 0.25) is 0 Å². The van der Waals surface area contributed by atoms with Gasteiger partial charge in [-0.15, -0.1) is 15.8 Å². The topological polar surface area (TPSA) is 46.5 Å². The standard InChI is InChI=1S/C3H5O3PSi/c1-2-3(8)6-7(4)5/h1,3H,8H3/p+1. The molecule has 0 amide bonds. The second-order valence-corrected chi connectivity index (χ2v) is 2.89. The Morgan fingerprint density at radius 1 is 2.00 bits per heavy atom. The molecule has 44 valence electrons. The van der Waals surface area contributed by atoms with Gasteiger partial charge in [0.1, 0.15) is 0 Å². The fraction of sp³-hybridized carbons (Fsp3) is 0.333. The summed E-state index contributed by atoms with van der Waals surface area (Å²) in [6, 6.07) is 0. The van der Waals surface area contributed by atoms with E-state index in [1.807, 2.05) is 0 Å². The summed E-state index contributed by atoms with van der Waals surface area (Å²) in [6.07, 6.45) is 4.84. The van der Waals surface area contributed by atoms with Crippen LogP contribution >= 0.6 is 8.25 Å². The maximum Gasteiger partial charge on any atom is 0.695 e. The Morgan fingerprint density at radius 3 is 2.62 bits per heavy atom. The van der Waals surface area contributed by atoms with Crippen LogP contribution in [0.5, 0.6) is 0 Å². The summed E-state index contributed by atoms with van der Waals surface area (Å²) in [5.74, 6) is 2.19. The summed E-state index contributed by atoms with van der Waals surface area (Å²) >= 11 is 0. The Labute approximate surface area is 51.4 Å². The lowest BCUT2D eigenvalue weighted by Crippen LogP contribution is -2.03. The molecule has 0 fully saturated rings. The molecule has 2 unspecified atom stereocenters. The van der Waals surface area contributed by atoms with Crippen LogP contribution in [-0.2, 0) is 9.09 Å². The average molecular weight is 149 g/mol. The first kappa shape index (κ1) is 7.80. The first-order valence-electron chi connectivity index (χ1n) is 1.96. The van der Waals surface area contributed by atoms with Gasteiger partial charge in [-0.3, -0.25) is 0 Å². The highest BCUT2D eigenvalue weighted by atomic mass is 31.1. The largest absolute Gasteiger partial charge is 0.695 e. The predicted molar refractivity (Wildman–Crippen MR) is 33.5 cm³/mol. The lowest BCUT2D eigenvalue weighted by molar-refractivity contribution is 0.292. The third kappa shape index (κ3) is 3.97. The Kier molecular flexibility index (Phi) is 3.66. The van der Waals surface area contributed by atoms with E-state index < -0.39 is 14.0 Å². The third-order valence-corrected chi connectivity index (χ3v) is 1.95. The summed E-state index contributed by atoms with van der Waals surface area (Å²) in [6.45, 7) is 0. The highest BCUT2D eigenvalue weighted by Crippen LogP contribution is 2.15. The molecule has 0 rings (SSSR count). The second-order valence-electron chi connectivity index (χ2n) is 1.15. The number of hydrogen-bond donors (Lipinski definition) is 1. The Bertz CT molecular complexity index is 129. The number of terminal acetylenes is 1. The van der Waals surface area contributed by atoms with Gasteiger partial charge >= 0.3 is 8.25 Å². The van der Waals surface area contributed by atoms with E-state index >= 15 is 0 Å². The smallest absolute Gasteiger partial charge is 0.133 e. The molecule has 0 bridgehead atoms. The molecule has 0 heterocycles. The van der Waals surface area contributed by atoms with Gasteiger partial charge in [0.25, 0.3) is 0 Å². The van der Waals surface area contributed by atoms with Gasteiger partial charge in [0.2, 0.25) is 0 Å². The van der Waals surface area contributed by atoms with E-state index in [1.54, 1.807) is 0 Å². The minimum absolute atomic E-state index is 0.441. The van der Waals surface area contributed by atoms with Gasteiger partial charge in [-0.05, 0) is 0 Å². The van der Waals surface area contributed by atoms with Crippen LogP contribution in [-0.4, -0.2) is 20.9 Å². The van der Waals surface area contributed by atoms with E-state index in [2.05, 4.69) is 10.4 Å². The van der Waals surface area contributed by atoms with Crippen LogP contribution in [0.3, 0.4) is 0 Å². The molecule has 3 nitrogen and oxygen atoms in total. The maximum absolute atomic E-state index is 9.82. The molecule has 0 spiro atoms. The van der Waals surface area contributed by atoms with Crippen LogP contribution < -0.4 is 0 Å². The average Bonchev–Trinajstić information content (AvgIpc) is 1.65. The zero-order valence-electron chi connectivity index (χ0n) is 4.37. The minimum Gasteiger partial charge on any atom is -0.133 e. The van der Waals surface area contributed by atoms with Crippen molar-refractivity contribution in [3.05, 3.63) is 0 Å². The van der Waals surface area contributed by atoms with Crippen LogP contribution in [0.4, 0.5) is 0 Å². The van der Waals surface area contributed by atoms with Crippen molar-refractivity contribution in [2.75, 3.05) is 0 Å². The van der Waals surface area contributed by atoms with Crippen molar-refractivity contribution in [1.29, 1.82) is 0 Å². The van der Waals surface area contributed by atoms with E-state index in [1.165, 1.54) is 0 Å². The molecule has 0 saturated heterocycles. The van der Waals surface area contributed by atoms with E-state index in [-0.39, 0.29) is 0 Å². The van der Waals surface area contributed by atoms with Gasteiger partial charge in [0.05, 0.1) is 10.2 Å². The Morgan fingerprint density at radius 2 is 2.50 bits per heavy atom. The molecule has 0 radical (unpaired) electrons. The predicted octanol–water partition coefficient (Wildman–Crippen LogP) is -1.02. The quantitative estimate of drug-likeness (QED) is 0.310. The molecule has 8 heavy (non-hydrogen) atoms. The highest BCUT2D eigenvalue weighted by Gasteiger charge is 2.15. The first-order chi connectivity index (χ1) is 3.66. The fourth-order valence-electron chi connectivity index (χ4n) is 0.166. The minimum atomic E-state index is -2.50. The fourth-order valence-corrected chi connectivity index (χ4v) is 1.04. The van der Waals surface area contributed by atoms with Gasteiger partial charge in [0.15, 0.2) is 5.73 Å². The van der Waals surface area contributed by atoms with Crippen molar-refractivity contribution >= 4 is 18.5 Å². The lowest BCUT2D eigenvalue weighted by Gasteiger charge is -1.86. The molecule has 0 aliphatic carbocycles. The second kappa shape index (κ2) is 3.76. The van der Waals surface area contributed by atoms with E-state index in [4.69, 9.17) is 11.3 Å². The van der Waals surface area contributed by atoms with Crippen molar-refractivity contribution < 1.29 is 14.0 Å². The zero-order chi connectivity index (χ0) is 6.57. The summed E-state index contributed by atoms with van der Waals surface area (Å²) in [4.78, 5) is 8.07. The van der Waals surface area contributed by atoms with Crippen molar-refractivity contribution in [2.24, 2.45) is 0 Å². The molecule has 0 aromatic heterocycles. The molecular formula is C3H6O3PSi+. The first-order valence-corrected chi connectivity index (χ1v) is 4.24. The molecule has 1 N–H and O–H groups in total. The monoisotopic (exact) mass is 149 g/mol. The summed E-state index contributed by atoms with van der Waals surface area (Å²) in [5.41, 5.74) is -0.441. The maximum atomic E-state index is 9.82. The molecule has 5 heteroatoms. The van der Waals surface area contributed by atoms with E-state index in [9.17, 15) is 4.57 Å². The third-order valence-electron chi connectivity index (χ3n) is 0.483. The lowest BCUT2D eigenvalue weighted by atomic mass is 10.8. The summed E-state index contributed by atoms with van der Waals surface area (Å²) in [5, 5.41) is 0. The van der Waals surface area contributed by atoms with Gasteiger partial charge in [0, 0.05) is 4.57 Å². The van der Waals surface area contributed by atoms with Crippen molar-refractivity contribution in [3.8, 4) is 12.3 Å². The van der Waals surface area contributed by atoms with Crippen LogP contribution in [0.1, 0.15) is 0 Å². The number of hydrogen-bond acceptors (Lipinski definition) is 2. The molecular weight excluding hydrogens is 143 g/mol. The zero-order valence-corrected chi connectivity index (χ0v) is 7.26. The molecule has 2 atom stereocenters. The molecule has 0 saturated carbocycles. The Balaban J connectivity index is 3.43. The molecule has 0 aromatic rings. The van der Waals surface area contributed by atoms with E-state index in [0.29, 0.717) is 10.2 Å². The van der Waals surface area contributed by atoms with E-state index in [0.717, 1.165) is 0 Å². The van der Waals surface area contributed by atoms with Crippen molar-refractivity contribution in [3.63, 3.8) is 0 Å². The van der Waals surface area contributed by atoms with Gasteiger partial charge in [-0.25, -0.2) is 0 Å². The van der Waals surface area contributed by atoms with Gasteiger partial charge < -0.3 is 0 Å².